The van der Waals surface area contributed by atoms with E-state index in [4.69, 9.17) is 0 Å². The molecular weight excluding hydrogens is 537 g/mol. The molecule has 5 aromatic rings. The molecular formula is C29H20FN3O4S2. The van der Waals surface area contributed by atoms with Gasteiger partial charge in [0.25, 0.3) is 15.9 Å². The Hall–Kier alpha value is -4.67. The van der Waals surface area contributed by atoms with E-state index in [9.17, 15) is 22.4 Å². The van der Waals surface area contributed by atoms with Crippen LogP contribution in [0.4, 0.5) is 15.2 Å². The summed E-state index contributed by atoms with van der Waals surface area (Å²) in [5, 5.41) is 2.88. The van der Waals surface area contributed by atoms with Gasteiger partial charge in [-0.15, -0.1) is 0 Å². The number of ketones is 1. The summed E-state index contributed by atoms with van der Waals surface area (Å²) in [5.41, 5.74) is 1.68. The lowest BCUT2D eigenvalue weighted by Crippen LogP contribution is -2.18. The molecule has 194 valence electrons. The molecule has 0 radical (unpaired) electrons. The number of thiazole rings is 1. The number of halogens is 1. The van der Waals surface area contributed by atoms with E-state index >= 15 is 0 Å². The van der Waals surface area contributed by atoms with Gasteiger partial charge in [0.2, 0.25) is 5.78 Å². The predicted molar refractivity (Wildman–Crippen MR) is 149 cm³/mol. The van der Waals surface area contributed by atoms with E-state index in [0.717, 1.165) is 35.6 Å². The third-order valence-corrected chi connectivity index (χ3v) is 8.03. The van der Waals surface area contributed by atoms with Crippen LogP contribution >= 0.6 is 11.3 Å². The number of nitrogens with zero attached hydrogens (tertiary/aromatic N) is 1. The number of amides is 1. The number of hydrogen-bond acceptors (Lipinski definition) is 6. The molecule has 1 aromatic heterocycles. The second-order valence-corrected chi connectivity index (χ2v) is 11.0. The van der Waals surface area contributed by atoms with Crippen LogP contribution in [-0.2, 0) is 10.0 Å². The standard InChI is InChI=1S/C29H20FN3O4S2/c30-21-15-17-22(18-16-21)39(36,37)33-24-14-8-7-13-23(24)28(35)32-29-31-25(19-9-3-1-4-10-19)27(38-29)26(34)20-11-5-2-6-12-20/h1-18,33H,(H,31,32,35). The first-order chi connectivity index (χ1) is 18.8. The highest BCUT2D eigenvalue weighted by atomic mass is 32.2. The van der Waals surface area contributed by atoms with Gasteiger partial charge in [0.15, 0.2) is 5.13 Å². The predicted octanol–water partition coefficient (Wildman–Crippen LogP) is 6.23. The smallest absolute Gasteiger partial charge is 0.261 e. The Morgan fingerprint density at radius 3 is 2.08 bits per heavy atom. The minimum absolute atomic E-state index is 0.0275. The van der Waals surface area contributed by atoms with Crippen molar-refractivity contribution in [2.45, 2.75) is 4.90 Å². The molecule has 0 saturated heterocycles. The summed E-state index contributed by atoms with van der Waals surface area (Å²) in [6.07, 6.45) is 0. The number of rotatable bonds is 8. The normalized spacial score (nSPS) is 11.1. The molecule has 0 unspecified atom stereocenters. The molecule has 10 heteroatoms. The fraction of sp³-hybridized carbons (Fsp3) is 0. The maximum atomic E-state index is 13.3. The SMILES string of the molecule is O=C(Nc1nc(-c2ccccc2)c(C(=O)c2ccccc2)s1)c1ccccc1NS(=O)(=O)c1ccc(F)cc1. The molecule has 0 atom stereocenters. The van der Waals surface area contributed by atoms with Crippen LogP contribution in [0.1, 0.15) is 25.6 Å². The Balaban J connectivity index is 1.46. The van der Waals surface area contributed by atoms with Gasteiger partial charge in [-0.05, 0) is 36.4 Å². The molecule has 39 heavy (non-hydrogen) atoms. The number of benzene rings is 4. The van der Waals surface area contributed by atoms with Crippen LogP contribution in [0.3, 0.4) is 0 Å². The first-order valence-electron chi connectivity index (χ1n) is 11.7. The molecule has 0 spiro atoms. The zero-order valence-electron chi connectivity index (χ0n) is 20.2. The van der Waals surface area contributed by atoms with Crippen LogP contribution in [0, 0.1) is 5.82 Å². The zero-order chi connectivity index (χ0) is 27.4. The van der Waals surface area contributed by atoms with Crippen molar-refractivity contribution in [1.82, 2.24) is 4.98 Å². The minimum atomic E-state index is -4.09. The first-order valence-corrected chi connectivity index (χ1v) is 14.0. The van der Waals surface area contributed by atoms with E-state index in [0.29, 0.717) is 21.7 Å². The number of nitrogens with one attached hydrogen (secondary N) is 2. The molecule has 1 amide bonds. The Morgan fingerprint density at radius 2 is 1.38 bits per heavy atom. The van der Waals surface area contributed by atoms with Crippen molar-refractivity contribution < 1.29 is 22.4 Å². The molecule has 0 aliphatic carbocycles. The van der Waals surface area contributed by atoms with Crippen molar-refractivity contribution in [1.29, 1.82) is 0 Å². The molecule has 0 bridgehead atoms. The van der Waals surface area contributed by atoms with E-state index in [1.807, 2.05) is 36.4 Å². The Kier molecular flexibility index (Phi) is 7.31. The van der Waals surface area contributed by atoms with Crippen molar-refractivity contribution in [3.05, 3.63) is 131 Å². The number of carbonyl (C=O) groups excluding carboxylic acids is 2. The maximum absolute atomic E-state index is 13.3. The van der Waals surface area contributed by atoms with Crippen molar-refractivity contribution >= 4 is 43.9 Å². The van der Waals surface area contributed by atoms with Gasteiger partial charge in [-0.1, -0.05) is 84.1 Å². The summed E-state index contributed by atoms with van der Waals surface area (Å²) < 4.78 is 41.4. The molecule has 0 saturated carbocycles. The monoisotopic (exact) mass is 557 g/mol. The van der Waals surface area contributed by atoms with Crippen molar-refractivity contribution in [2.24, 2.45) is 0 Å². The second-order valence-electron chi connectivity index (χ2n) is 8.32. The number of para-hydroxylation sites is 1. The molecule has 7 nitrogen and oxygen atoms in total. The largest absolute Gasteiger partial charge is 0.298 e. The van der Waals surface area contributed by atoms with Crippen LogP contribution in [-0.4, -0.2) is 25.1 Å². The third kappa shape index (κ3) is 5.77. The molecule has 0 aliphatic heterocycles. The summed E-state index contributed by atoms with van der Waals surface area (Å²) in [6.45, 7) is 0. The summed E-state index contributed by atoms with van der Waals surface area (Å²) in [4.78, 5) is 31.4. The van der Waals surface area contributed by atoms with Gasteiger partial charge in [0.05, 0.1) is 21.8 Å². The van der Waals surface area contributed by atoms with Crippen LogP contribution in [0.15, 0.2) is 114 Å². The minimum Gasteiger partial charge on any atom is -0.298 e. The fourth-order valence-electron chi connectivity index (χ4n) is 3.79. The highest BCUT2D eigenvalue weighted by molar-refractivity contribution is 7.92. The Morgan fingerprint density at radius 1 is 0.769 bits per heavy atom. The summed E-state index contributed by atoms with van der Waals surface area (Å²) in [5.74, 6) is -1.43. The average Bonchev–Trinajstić information content (AvgIpc) is 3.37. The molecule has 0 aliphatic rings. The summed E-state index contributed by atoms with van der Waals surface area (Å²) >= 11 is 1.03. The highest BCUT2D eigenvalue weighted by Crippen LogP contribution is 2.33. The van der Waals surface area contributed by atoms with Gasteiger partial charge in [0.1, 0.15) is 10.7 Å². The Bertz CT molecular complexity index is 1760. The molecule has 5 rings (SSSR count). The topological polar surface area (TPSA) is 105 Å². The number of hydrogen-bond donors (Lipinski definition) is 2. The van der Waals surface area contributed by atoms with Gasteiger partial charge in [-0.2, -0.15) is 0 Å². The third-order valence-electron chi connectivity index (χ3n) is 5.68. The Labute approximate surface area is 228 Å². The van der Waals surface area contributed by atoms with Crippen LogP contribution < -0.4 is 10.0 Å². The van der Waals surface area contributed by atoms with Gasteiger partial charge >= 0.3 is 0 Å². The lowest BCUT2D eigenvalue weighted by Gasteiger charge is -2.12. The van der Waals surface area contributed by atoms with Crippen molar-refractivity contribution in [2.75, 3.05) is 10.0 Å². The molecule has 2 N–H and O–H groups in total. The zero-order valence-corrected chi connectivity index (χ0v) is 21.8. The quantitative estimate of drug-likeness (QED) is 0.220. The van der Waals surface area contributed by atoms with E-state index in [-0.39, 0.29) is 27.1 Å². The molecule has 1 heterocycles. The van der Waals surface area contributed by atoms with Gasteiger partial charge in [-0.3, -0.25) is 19.6 Å². The lowest BCUT2D eigenvalue weighted by atomic mass is 10.1. The van der Waals surface area contributed by atoms with Crippen molar-refractivity contribution in [3.8, 4) is 11.3 Å². The van der Waals surface area contributed by atoms with E-state index in [1.165, 1.54) is 12.1 Å². The van der Waals surface area contributed by atoms with Gasteiger partial charge in [0, 0.05) is 11.1 Å². The molecule has 4 aromatic carbocycles. The van der Waals surface area contributed by atoms with Crippen molar-refractivity contribution in [3.63, 3.8) is 0 Å². The number of carbonyl (C=O) groups is 2. The first kappa shape index (κ1) is 26.0. The highest BCUT2D eigenvalue weighted by Gasteiger charge is 2.23. The van der Waals surface area contributed by atoms with E-state index in [1.54, 1.807) is 36.4 Å². The van der Waals surface area contributed by atoms with Crippen LogP contribution in [0.2, 0.25) is 0 Å². The molecule has 0 fully saturated rings. The van der Waals surface area contributed by atoms with Gasteiger partial charge < -0.3 is 0 Å². The van der Waals surface area contributed by atoms with E-state index < -0.39 is 21.7 Å². The lowest BCUT2D eigenvalue weighted by molar-refractivity contribution is 0.102. The summed E-state index contributed by atoms with van der Waals surface area (Å²) in [6, 6.07) is 28.3. The van der Waals surface area contributed by atoms with Crippen LogP contribution in [0.5, 0.6) is 0 Å². The fourth-order valence-corrected chi connectivity index (χ4v) is 5.82. The summed E-state index contributed by atoms with van der Waals surface area (Å²) in [7, 11) is -4.09. The van der Waals surface area contributed by atoms with Crippen LogP contribution in [0.25, 0.3) is 11.3 Å². The second kappa shape index (κ2) is 11.0. The maximum Gasteiger partial charge on any atom is 0.261 e. The average molecular weight is 558 g/mol. The number of anilines is 2. The van der Waals surface area contributed by atoms with Gasteiger partial charge in [-0.25, -0.2) is 17.8 Å². The van der Waals surface area contributed by atoms with E-state index in [2.05, 4.69) is 15.0 Å². The number of sulfonamides is 1. The number of aromatic nitrogens is 1.